The Hall–Kier alpha value is 0. The lowest BCUT2D eigenvalue weighted by atomic mass is 9.72. The smallest absolute Gasteiger partial charge is 0.0264 e. The second kappa shape index (κ2) is 1.12. The van der Waals surface area contributed by atoms with Crippen molar-refractivity contribution in [3.05, 3.63) is 0 Å². The van der Waals surface area contributed by atoms with Crippen molar-refractivity contribution in [2.75, 3.05) is 0 Å². The number of hydrogen-bond acceptors (Lipinski definition) is 0. The van der Waals surface area contributed by atoms with Gasteiger partial charge in [0.2, 0.25) is 0 Å². The quantitative estimate of drug-likeness (QED) is 0.449. The minimum absolute atomic E-state index is 0.902. The molecule has 1 spiro atoms. The average Bonchev–Trinajstić information content (AvgIpc) is 2.13. The first-order valence-electron chi connectivity index (χ1n) is 3.73. The number of hydrogen-bond donors (Lipinski definition) is 0. The standard InChI is InChI=1S/C8H14/c1-6-3-8(4-6)5-7(8)2/h6-7H,3-5H2,1-2H3/t6?,7-,8?/m1/s1. The van der Waals surface area contributed by atoms with E-state index in [2.05, 4.69) is 13.8 Å². The molecule has 2 aliphatic rings. The molecule has 2 saturated carbocycles. The first-order chi connectivity index (χ1) is 3.73. The third kappa shape index (κ3) is 0.416. The zero-order valence-corrected chi connectivity index (χ0v) is 5.78. The highest BCUT2D eigenvalue weighted by Crippen LogP contribution is 2.67. The van der Waals surface area contributed by atoms with Crippen molar-refractivity contribution in [3.63, 3.8) is 0 Å². The van der Waals surface area contributed by atoms with Crippen molar-refractivity contribution < 1.29 is 0 Å². The molecule has 0 aromatic heterocycles. The normalized spacial score (nSPS) is 60.8. The Kier molecular flexibility index (Phi) is 0.678. The maximum Gasteiger partial charge on any atom is -0.0264 e. The molecule has 8 heavy (non-hydrogen) atoms. The summed E-state index contributed by atoms with van der Waals surface area (Å²) in [5, 5.41) is 0. The van der Waals surface area contributed by atoms with Crippen molar-refractivity contribution in [2.45, 2.75) is 33.1 Å². The average molecular weight is 110 g/mol. The van der Waals surface area contributed by atoms with Crippen molar-refractivity contribution in [2.24, 2.45) is 17.3 Å². The largest absolute Gasteiger partial charge is 0.0625 e. The molecule has 0 aliphatic heterocycles. The highest BCUT2D eigenvalue weighted by molar-refractivity contribution is 5.07. The first-order valence-corrected chi connectivity index (χ1v) is 3.73. The van der Waals surface area contributed by atoms with E-state index in [1.165, 1.54) is 19.3 Å². The SMILES string of the molecule is CC1CC2(C1)C[C@H]2C. The lowest BCUT2D eigenvalue weighted by Crippen LogP contribution is -2.23. The maximum absolute atomic E-state index is 2.39. The molecule has 0 heteroatoms. The molecule has 0 saturated heterocycles. The summed E-state index contributed by atoms with van der Waals surface area (Å²) in [6, 6.07) is 0. The molecule has 2 fully saturated rings. The summed E-state index contributed by atoms with van der Waals surface area (Å²) < 4.78 is 0. The summed E-state index contributed by atoms with van der Waals surface area (Å²) in [6.07, 6.45) is 4.61. The molecule has 1 atom stereocenters. The fourth-order valence-electron chi connectivity index (χ4n) is 2.45. The van der Waals surface area contributed by atoms with Gasteiger partial charge in [0.05, 0.1) is 0 Å². The number of rotatable bonds is 0. The van der Waals surface area contributed by atoms with Crippen LogP contribution >= 0.6 is 0 Å². The minimum Gasteiger partial charge on any atom is -0.0625 e. The Morgan fingerprint density at radius 1 is 1.12 bits per heavy atom. The summed E-state index contributed by atoms with van der Waals surface area (Å²) in [5.41, 5.74) is 0.902. The molecule has 0 aromatic carbocycles. The fourth-order valence-corrected chi connectivity index (χ4v) is 2.45. The van der Waals surface area contributed by atoms with Crippen LogP contribution in [0.15, 0.2) is 0 Å². The molecular formula is C8H14. The van der Waals surface area contributed by atoms with Crippen LogP contribution < -0.4 is 0 Å². The maximum atomic E-state index is 2.39. The molecular weight excluding hydrogens is 96.1 g/mol. The van der Waals surface area contributed by atoms with Crippen LogP contribution in [0.5, 0.6) is 0 Å². The van der Waals surface area contributed by atoms with Crippen LogP contribution in [-0.4, -0.2) is 0 Å². The van der Waals surface area contributed by atoms with Gasteiger partial charge in [-0.05, 0) is 36.5 Å². The van der Waals surface area contributed by atoms with E-state index in [1.54, 1.807) is 0 Å². The molecule has 2 aliphatic carbocycles. The third-order valence-electron chi connectivity index (χ3n) is 3.11. The molecule has 0 nitrogen and oxygen atoms in total. The third-order valence-corrected chi connectivity index (χ3v) is 3.11. The van der Waals surface area contributed by atoms with Gasteiger partial charge in [-0.25, -0.2) is 0 Å². The monoisotopic (exact) mass is 110 g/mol. The van der Waals surface area contributed by atoms with Crippen LogP contribution in [0.4, 0.5) is 0 Å². The van der Waals surface area contributed by atoms with Gasteiger partial charge >= 0.3 is 0 Å². The van der Waals surface area contributed by atoms with Crippen LogP contribution in [0, 0.1) is 17.3 Å². The Bertz CT molecular complexity index is 109. The highest BCUT2D eigenvalue weighted by atomic mass is 14.6. The zero-order valence-electron chi connectivity index (χ0n) is 5.78. The van der Waals surface area contributed by atoms with E-state index < -0.39 is 0 Å². The van der Waals surface area contributed by atoms with Gasteiger partial charge < -0.3 is 0 Å². The van der Waals surface area contributed by atoms with E-state index in [4.69, 9.17) is 0 Å². The Morgan fingerprint density at radius 2 is 1.62 bits per heavy atom. The zero-order chi connectivity index (χ0) is 5.78. The molecule has 2 rings (SSSR count). The van der Waals surface area contributed by atoms with Crippen molar-refractivity contribution in [1.29, 1.82) is 0 Å². The highest BCUT2D eigenvalue weighted by Gasteiger charge is 2.57. The van der Waals surface area contributed by atoms with E-state index in [0.717, 1.165) is 17.3 Å². The second-order valence-electron chi connectivity index (χ2n) is 3.98. The first kappa shape index (κ1) is 4.84. The van der Waals surface area contributed by atoms with E-state index in [1.807, 2.05) is 0 Å². The van der Waals surface area contributed by atoms with Gasteiger partial charge in [-0.2, -0.15) is 0 Å². The second-order valence-corrected chi connectivity index (χ2v) is 3.98. The van der Waals surface area contributed by atoms with E-state index in [9.17, 15) is 0 Å². The molecule has 0 unspecified atom stereocenters. The molecule has 0 amide bonds. The van der Waals surface area contributed by atoms with Gasteiger partial charge in [-0.15, -0.1) is 0 Å². The van der Waals surface area contributed by atoms with Crippen molar-refractivity contribution in [3.8, 4) is 0 Å². The van der Waals surface area contributed by atoms with Gasteiger partial charge in [0.25, 0.3) is 0 Å². The Balaban J connectivity index is 1.96. The molecule has 0 N–H and O–H groups in total. The predicted octanol–water partition coefficient (Wildman–Crippen LogP) is 2.44. The molecule has 0 bridgehead atoms. The Labute approximate surface area is 51.3 Å². The van der Waals surface area contributed by atoms with Crippen LogP contribution in [0.1, 0.15) is 33.1 Å². The van der Waals surface area contributed by atoms with Gasteiger partial charge in [0.1, 0.15) is 0 Å². The summed E-state index contributed by atoms with van der Waals surface area (Å²) in [5.74, 6) is 2.14. The van der Waals surface area contributed by atoms with E-state index in [-0.39, 0.29) is 0 Å². The molecule has 0 radical (unpaired) electrons. The van der Waals surface area contributed by atoms with Crippen LogP contribution in [0.25, 0.3) is 0 Å². The van der Waals surface area contributed by atoms with Gasteiger partial charge in [-0.1, -0.05) is 13.8 Å². The van der Waals surface area contributed by atoms with Gasteiger partial charge in [0.15, 0.2) is 0 Å². The van der Waals surface area contributed by atoms with Crippen LogP contribution in [0.3, 0.4) is 0 Å². The fraction of sp³-hybridized carbons (Fsp3) is 1.00. The van der Waals surface area contributed by atoms with Crippen molar-refractivity contribution >= 4 is 0 Å². The molecule has 46 valence electrons. The molecule has 0 heterocycles. The van der Waals surface area contributed by atoms with Gasteiger partial charge in [-0.3, -0.25) is 0 Å². The van der Waals surface area contributed by atoms with Gasteiger partial charge in [0, 0.05) is 0 Å². The molecule has 0 aromatic rings. The lowest BCUT2D eigenvalue weighted by Gasteiger charge is -2.33. The summed E-state index contributed by atoms with van der Waals surface area (Å²) >= 11 is 0. The van der Waals surface area contributed by atoms with Crippen LogP contribution in [0.2, 0.25) is 0 Å². The minimum atomic E-state index is 0.902. The van der Waals surface area contributed by atoms with E-state index >= 15 is 0 Å². The predicted molar refractivity (Wildman–Crippen MR) is 34.6 cm³/mol. The van der Waals surface area contributed by atoms with Crippen molar-refractivity contribution in [1.82, 2.24) is 0 Å². The lowest BCUT2D eigenvalue weighted by molar-refractivity contribution is 0.169. The topological polar surface area (TPSA) is 0 Å². The summed E-state index contributed by atoms with van der Waals surface area (Å²) in [7, 11) is 0. The Morgan fingerprint density at radius 3 is 1.75 bits per heavy atom. The summed E-state index contributed by atoms with van der Waals surface area (Å²) in [4.78, 5) is 0. The van der Waals surface area contributed by atoms with Crippen LogP contribution in [-0.2, 0) is 0 Å². The summed E-state index contributed by atoms with van der Waals surface area (Å²) in [6.45, 7) is 4.77. The van der Waals surface area contributed by atoms with E-state index in [0.29, 0.717) is 0 Å².